The third-order valence-electron chi connectivity index (χ3n) is 4.50. The highest BCUT2D eigenvalue weighted by Gasteiger charge is 2.15. The maximum Gasteiger partial charge on any atom is 0.191 e. The van der Waals surface area contributed by atoms with Crippen LogP contribution in [-0.2, 0) is 9.47 Å². The van der Waals surface area contributed by atoms with Gasteiger partial charge in [-0.15, -0.1) is 0 Å². The van der Waals surface area contributed by atoms with E-state index in [1.54, 1.807) is 7.05 Å². The summed E-state index contributed by atoms with van der Waals surface area (Å²) < 4.78 is 11.1. The molecule has 6 heteroatoms. The van der Waals surface area contributed by atoms with Gasteiger partial charge in [-0.2, -0.15) is 0 Å². The molecule has 26 heavy (non-hydrogen) atoms. The van der Waals surface area contributed by atoms with Crippen molar-refractivity contribution in [1.82, 2.24) is 10.6 Å². The van der Waals surface area contributed by atoms with Crippen molar-refractivity contribution in [3.63, 3.8) is 0 Å². The number of nitrogens with zero attached hydrogens (tertiary/aromatic N) is 2. The molecule has 1 aromatic rings. The van der Waals surface area contributed by atoms with Crippen LogP contribution in [0.15, 0.2) is 29.3 Å². The lowest BCUT2D eigenvalue weighted by Gasteiger charge is -2.24. The smallest absolute Gasteiger partial charge is 0.191 e. The van der Waals surface area contributed by atoms with Crippen molar-refractivity contribution in [2.24, 2.45) is 4.99 Å². The highest BCUT2D eigenvalue weighted by molar-refractivity contribution is 5.79. The topological polar surface area (TPSA) is 58.1 Å². The molecule has 0 aromatic heterocycles. The molecule has 2 N–H and O–H groups in total. The number of anilines is 1. The second-order valence-electron chi connectivity index (χ2n) is 6.55. The highest BCUT2D eigenvalue weighted by Crippen LogP contribution is 2.14. The molecule has 1 aromatic carbocycles. The molecule has 1 atom stereocenters. The van der Waals surface area contributed by atoms with E-state index < -0.39 is 0 Å². The third kappa shape index (κ3) is 7.22. The lowest BCUT2D eigenvalue weighted by atomic mass is 10.2. The summed E-state index contributed by atoms with van der Waals surface area (Å²) in [7, 11) is 1.81. The second kappa shape index (κ2) is 11.8. The molecule has 146 valence electrons. The van der Waals surface area contributed by atoms with Gasteiger partial charge in [0.25, 0.3) is 0 Å². The van der Waals surface area contributed by atoms with Gasteiger partial charge in [0.2, 0.25) is 0 Å². The molecule has 1 aliphatic rings. The molecule has 1 aliphatic heterocycles. The standard InChI is InChI=1S/C20H34N4O2/c1-4-24(18-8-5-7-17(2)15-18)12-11-23-20(21-3)22-10-6-13-26-19-9-14-25-16-19/h5,7-8,15,19H,4,6,9-14,16H2,1-3H3,(H2,21,22,23). The van der Waals surface area contributed by atoms with Crippen molar-refractivity contribution in [3.05, 3.63) is 29.8 Å². The quantitative estimate of drug-likeness (QED) is 0.380. The molecule has 1 fully saturated rings. The minimum atomic E-state index is 0.286. The van der Waals surface area contributed by atoms with E-state index in [4.69, 9.17) is 9.47 Å². The molecule has 0 amide bonds. The number of benzene rings is 1. The fourth-order valence-electron chi connectivity index (χ4n) is 3.00. The van der Waals surface area contributed by atoms with E-state index in [1.165, 1.54) is 11.3 Å². The van der Waals surface area contributed by atoms with Crippen LogP contribution in [0.1, 0.15) is 25.3 Å². The fraction of sp³-hybridized carbons (Fsp3) is 0.650. The molecule has 1 heterocycles. The van der Waals surface area contributed by atoms with E-state index in [0.717, 1.165) is 64.8 Å². The van der Waals surface area contributed by atoms with Crippen LogP contribution in [0.2, 0.25) is 0 Å². The first-order valence-corrected chi connectivity index (χ1v) is 9.68. The maximum atomic E-state index is 5.77. The summed E-state index contributed by atoms with van der Waals surface area (Å²) >= 11 is 0. The van der Waals surface area contributed by atoms with Gasteiger partial charge in [0.15, 0.2) is 5.96 Å². The van der Waals surface area contributed by atoms with Gasteiger partial charge < -0.3 is 25.0 Å². The van der Waals surface area contributed by atoms with Crippen molar-refractivity contribution < 1.29 is 9.47 Å². The maximum absolute atomic E-state index is 5.77. The molecule has 0 radical (unpaired) electrons. The van der Waals surface area contributed by atoms with E-state index in [-0.39, 0.29) is 6.10 Å². The number of guanidine groups is 1. The molecule has 0 aliphatic carbocycles. The summed E-state index contributed by atoms with van der Waals surface area (Å²) in [6, 6.07) is 8.64. The first-order chi connectivity index (χ1) is 12.7. The Hall–Kier alpha value is -1.79. The first-order valence-electron chi connectivity index (χ1n) is 9.68. The van der Waals surface area contributed by atoms with E-state index in [9.17, 15) is 0 Å². The predicted molar refractivity (Wildman–Crippen MR) is 108 cm³/mol. The minimum Gasteiger partial charge on any atom is -0.379 e. The number of rotatable bonds is 10. The van der Waals surface area contributed by atoms with Gasteiger partial charge in [0.1, 0.15) is 0 Å². The number of ether oxygens (including phenoxy) is 2. The zero-order valence-electron chi connectivity index (χ0n) is 16.5. The van der Waals surface area contributed by atoms with Crippen LogP contribution in [0, 0.1) is 6.92 Å². The molecule has 0 bridgehead atoms. The predicted octanol–water partition coefficient (Wildman–Crippen LogP) is 2.18. The molecular weight excluding hydrogens is 328 g/mol. The lowest BCUT2D eigenvalue weighted by molar-refractivity contribution is 0.0420. The Morgan fingerprint density at radius 2 is 2.19 bits per heavy atom. The molecular formula is C20H34N4O2. The molecule has 0 spiro atoms. The van der Waals surface area contributed by atoms with Gasteiger partial charge in [-0.05, 0) is 44.4 Å². The summed E-state index contributed by atoms with van der Waals surface area (Å²) in [5, 5.41) is 6.73. The van der Waals surface area contributed by atoms with Gasteiger partial charge in [0.05, 0.1) is 12.7 Å². The Balaban J connectivity index is 1.61. The van der Waals surface area contributed by atoms with Gasteiger partial charge >= 0.3 is 0 Å². The van der Waals surface area contributed by atoms with Crippen molar-refractivity contribution in [3.8, 4) is 0 Å². The Labute approximate surface area is 158 Å². The van der Waals surface area contributed by atoms with Crippen molar-refractivity contribution in [2.45, 2.75) is 32.8 Å². The highest BCUT2D eigenvalue weighted by atomic mass is 16.5. The average Bonchev–Trinajstić information content (AvgIpc) is 3.16. The van der Waals surface area contributed by atoms with Crippen LogP contribution in [0.25, 0.3) is 0 Å². The minimum absolute atomic E-state index is 0.286. The van der Waals surface area contributed by atoms with Crippen LogP contribution in [0.3, 0.4) is 0 Å². The molecule has 0 saturated carbocycles. The largest absolute Gasteiger partial charge is 0.379 e. The van der Waals surface area contributed by atoms with E-state index in [2.05, 4.69) is 58.6 Å². The fourth-order valence-corrected chi connectivity index (χ4v) is 3.00. The monoisotopic (exact) mass is 362 g/mol. The Morgan fingerprint density at radius 3 is 2.88 bits per heavy atom. The van der Waals surface area contributed by atoms with E-state index in [0.29, 0.717) is 0 Å². The Kier molecular flexibility index (Phi) is 9.28. The Morgan fingerprint density at radius 1 is 1.35 bits per heavy atom. The van der Waals surface area contributed by atoms with Crippen LogP contribution < -0.4 is 15.5 Å². The third-order valence-corrected chi connectivity index (χ3v) is 4.50. The first kappa shape index (κ1) is 20.5. The normalized spacial score (nSPS) is 17.3. The number of aliphatic imine (C=N–C) groups is 1. The van der Waals surface area contributed by atoms with E-state index in [1.807, 2.05) is 0 Å². The Bertz CT molecular complexity index is 544. The lowest BCUT2D eigenvalue weighted by Crippen LogP contribution is -2.42. The van der Waals surface area contributed by atoms with Crippen molar-refractivity contribution in [1.29, 1.82) is 0 Å². The molecule has 6 nitrogen and oxygen atoms in total. The SMILES string of the molecule is CCN(CCNC(=NC)NCCCOC1CCOC1)c1cccc(C)c1. The van der Waals surface area contributed by atoms with E-state index >= 15 is 0 Å². The number of hydrogen-bond acceptors (Lipinski definition) is 4. The van der Waals surface area contributed by atoms with Crippen LogP contribution in [0.5, 0.6) is 0 Å². The molecule has 1 unspecified atom stereocenters. The van der Waals surface area contributed by atoms with Gasteiger partial charge in [-0.25, -0.2) is 0 Å². The summed E-state index contributed by atoms with van der Waals surface area (Å²) in [5.41, 5.74) is 2.56. The molecule has 1 saturated heterocycles. The zero-order chi connectivity index (χ0) is 18.6. The molecule has 2 rings (SSSR count). The summed E-state index contributed by atoms with van der Waals surface area (Å²) in [6.45, 7) is 10.3. The van der Waals surface area contributed by atoms with Crippen molar-refractivity contribution in [2.75, 3.05) is 57.9 Å². The van der Waals surface area contributed by atoms with Crippen molar-refractivity contribution >= 4 is 11.6 Å². The number of hydrogen-bond donors (Lipinski definition) is 2. The number of nitrogens with one attached hydrogen (secondary N) is 2. The summed E-state index contributed by atoms with van der Waals surface area (Å²) in [6.07, 6.45) is 2.27. The number of likely N-dealkylation sites (N-methyl/N-ethyl adjacent to an activating group) is 1. The van der Waals surface area contributed by atoms with Crippen LogP contribution in [0.4, 0.5) is 5.69 Å². The van der Waals surface area contributed by atoms with Gasteiger partial charge in [0, 0.05) is 52.1 Å². The second-order valence-corrected chi connectivity index (χ2v) is 6.55. The van der Waals surface area contributed by atoms with Crippen LogP contribution in [-0.4, -0.2) is 65.1 Å². The average molecular weight is 363 g/mol. The van der Waals surface area contributed by atoms with Crippen LogP contribution >= 0.6 is 0 Å². The van der Waals surface area contributed by atoms with Gasteiger partial charge in [-0.3, -0.25) is 4.99 Å². The van der Waals surface area contributed by atoms with Gasteiger partial charge in [-0.1, -0.05) is 12.1 Å². The zero-order valence-corrected chi connectivity index (χ0v) is 16.5. The summed E-state index contributed by atoms with van der Waals surface area (Å²) in [5.74, 6) is 0.842. The number of aryl methyl sites for hydroxylation is 1. The summed E-state index contributed by atoms with van der Waals surface area (Å²) in [4.78, 5) is 6.65.